The van der Waals surface area contributed by atoms with Gasteiger partial charge in [0.15, 0.2) is 0 Å². The second-order valence-corrected chi connectivity index (χ2v) is 4.27. The van der Waals surface area contributed by atoms with Crippen molar-refractivity contribution in [1.29, 1.82) is 0 Å². The van der Waals surface area contributed by atoms with Crippen molar-refractivity contribution >= 4 is 22.9 Å². The Balaban J connectivity index is 0.000000246. The fourth-order valence-corrected chi connectivity index (χ4v) is 1.38. The fraction of sp³-hybridized carbons (Fsp3) is 0.231. The van der Waals surface area contributed by atoms with Crippen molar-refractivity contribution in [2.24, 2.45) is 5.73 Å². The second kappa shape index (κ2) is 7.15. The van der Waals surface area contributed by atoms with Gasteiger partial charge in [0.25, 0.3) is 0 Å². The molecule has 0 spiro atoms. The minimum atomic E-state index is -0.986. The van der Waals surface area contributed by atoms with Crippen molar-refractivity contribution in [3.8, 4) is 0 Å². The number of nitrogens with zero attached hydrogens (tertiary/aromatic N) is 3. The van der Waals surface area contributed by atoms with Gasteiger partial charge in [-0.25, -0.2) is 4.79 Å². The number of aromatic nitrogens is 2. The molecule has 0 saturated heterocycles. The minimum Gasteiger partial charge on any atom is -0.478 e. The maximum Gasteiger partial charge on any atom is 0.337 e. The number of fused-ring (bicyclic) bond motifs is 1. The van der Waals surface area contributed by atoms with Gasteiger partial charge < -0.3 is 15.7 Å². The van der Waals surface area contributed by atoms with Crippen molar-refractivity contribution in [3.63, 3.8) is 0 Å². The number of carbonyl (C=O) groups excluding carboxylic acids is 1. The van der Waals surface area contributed by atoms with E-state index in [0.29, 0.717) is 17.6 Å². The molecule has 0 atom stereocenters. The van der Waals surface area contributed by atoms with Crippen LogP contribution in [-0.4, -0.2) is 52.5 Å². The predicted molar refractivity (Wildman–Crippen MR) is 74.2 cm³/mol. The van der Waals surface area contributed by atoms with Crippen LogP contribution in [0.5, 0.6) is 0 Å². The van der Waals surface area contributed by atoms with Crippen molar-refractivity contribution in [2.75, 3.05) is 20.6 Å². The summed E-state index contributed by atoms with van der Waals surface area (Å²) in [7, 11) is 3.59. The smallest absolute Gasteiger partial charge is 0.337 e. The van der Waals surface area contributed by atoms with Crippen LogP contribution in [0.2, 0.25) is 0 Å². The molecule has 2 rings (SSSR count). The number of likely N-dealkylation sites (N-methyl/N-ethyl adjacent to an activating group) is 1. The molecule has 0 aliphatic carbocycles. The van der Waals surface area contributed by atoms with E-state index in [9.17, 15) is 9.59 Å². The minimum absolute atomic E-state index is 0.159. The molecule has 0 fully saturated rings. The quantitative estimate of drug-likeness (QED) is 0.837. The van der Waals surface area contributed by atoms with Gasteiger partial charge in [-0.3, -0.25) is 14.8 Å². The Hall–Kier alpha value is -2.54. The van der Waals surface area contributed by atoms with E-state index < -0.39 is 5.97 Å². The van der Waals surface area contributed by atoms with E-state index >= 15 is 0 Å². The van der Waals surface area contributed by atoms with Gasteiger partial charge >= 0.3 is 5.97 Å². The number of carboxylic acids is 1. The Bertz CT molecular complexity index is 613. The maximum absolute atomic E-state index is 10.6. The Morgan fingerprint density at radius 3 is 2.50 bits per heavy atom. The first-order valence-electron chi connectivity index (χ1n) is 5.77. The molecular formula is C13H16N4O3. The largest absolute Gasteiger partial charge is 0.478 e. The summed E-state index contributed by atoms with van der Waals surface area (Å²) in [5, 5.41) is 8.68. The van der Waals surface area contributed by atoms with E-state index in [1.165, 1.54) is 12.3 Å². The maximum atomic E-state index is 10.6. The van der Waals surface area contributed by atoms with Crippen LogP contribution < -0.4 is 5.73 Å². The summed E-state index contributed by atoms with van der Waals surface area (Å²) < 4.78 is 0. The second-order valence-electron chi connectivity index (χ2n) is 4.27. The molecule has 3 N–H and O–H groups in total. The number of hydrogen-bond donors (Lipinski definition) is 2. The van der Waals surface area contributed by atoms with E-state index in [0.717, 1.165) is 0 Å². The van der Waals surface area contributed by atoms with Gasteiger partial charge in [-0.05, 0) is 32.3 Å². The average Bonchev–Trinajstić information content (AvgIpc) is 2.37. The van der Waals surface area contributed by atoms with E-state index in [1.54, 1.807) is 37.3 Å². The van der Waals surface area contributed by atoms with Crippen LogP contribution in [0.15, 0.2) is 30.6 Å². The molecule has 7 heteroatoms. The molecule has 1 amide bonds. The summed E-state index contributed by atoms with van der Waals surface area (Å²) in [6.45, 7) is 0.333. The lowest BCUT2D eigenvalue weighted by Crippen LogP contribution is -2.27. The zero-order chi connectivity index (χ0) is 15.1. The number of rotatable bonds is 3. The highest BCUT2D eigenvalue weighted by Crippen LogP contribution is 2.09. The number of pyridine rings is 2. The molecule has 0 saturated carbocycles. The highest BCUT2D eigenvalue weighted by molar-refractivity contribution is 5.91. The van der Waals surface area contributed by atoms with Crippen LogP contribution in [0.4, 0.5) is 0 Å². The topological polar surface area (TPSA) is 109 Å². The molecule has 2 aromatic heterocycles. The number of amides is 1. The number of nitrogens with two attached hydrogens (primary N) is 1. The molecule has 2 aromatic rings. The van der Waals surface area contributed by atoms with Gasteiger partial charge in [-0.15, -0.1) is 0 Å². The molecule has 106 valence electrons. The molecule has 2 heterocycles. The first-order valence-corrected chi connectivity index (χ1v) is 5.77. The average molecular weight is 276 g/mol. The van der Waals surface area contributed by atoms with Crippen molar-refractivity contribution in [1.82, 2.24) is 14.9 Å². The zero-order valence-electron chi connectivity index (χ0n) is 11.3. The molecule has 0 radical (unpaired) electrons. The highest BCUT2D eigenvalue weighted by Gasteiger charge is 2.04. The molecule has 7 nitrogen and oxygen atoms in total. The Kier molecular flexibility index (Phi) is 5.55. The van der Waals surface area contributed by atoms with Crippen molar-refractivity contribution < 1.29 is 14.7 Å². The van der Waals surface area contributed by atoms with E-state index in [2.05, 4.69) is 9.97 Å². The summed E-state index contributed by atoms with van der Waals surface area (Å²) in [6.07, 6.45) is 2.93. The molecular weight excluding hydrogens is 260 g/mol. The van der Waals surface area contributed by atoms with Crippen LogP contribution >= 0.6 is 0 Å². The normalized spacial score (nSPS) is 9.95. The molecule has 0 aromatic carbocycles. The van der Waals surface area contributed by atoms with E-state index in [1.807, 2.05) is 0 Å². The first-order chi connectivity index (χ1) is 9.40. The predicted octanol–water partition coefficient (Wildman–Crippen LogP) is 0.361. The van der Waals surface area contributed by atoms with Crippen molar-refractivity contribution in [3.05, 3.63) is 36.2 Å². The van der Waals surface area contributed by atoms with Crippen molar-refractivity contribution in [2.45, 2.75) is 0 Å². The lowest BCUT2D eigenvalue weighted by Gasteiger charge is -2.02. The summed E-state index contributed by atoms with van der Waals surface area (Å²) in [6, 6.07) is 5.05. The summed E-state index contributed by atoms with van der Waals surface area (Å²) in [5.41, 5.74) is 6.27. The zero-order valence-corrected chi connectivity index (χ0v) is 11.3. The van der Waals surface area contributed by atoms with Gasteiger partial charge in [0.05, 0.1) is 23.1 Å². The summed E-state index contributed by atoms with van der Waals surface area (Å²) in [5.74, 6) is -1.27. The Morgan fingerprint density at radius 1 is 1.30 bits per heavy atom. The molecule has 0 unspecified atom stereocenters. The summed E-state index contributed by atoms with van der Waals surface area (Å²) >= 11 is 0. The fourth-order valence-electron chi connectivity index (χ4n) is 1.38. The number of aromatic carboxylic acids is 1. The third-order valence-electron chi connectivity index (χ3n) is 2.17. The number of hydrogen-bond acceptors (Lipinski definition) is 5. The lowest BCUT2D eigenvalue weighted by atomic mass is 10.2. The first kappa shape index (κ1) is 15.5. The van der Waals surface area contributed by atoms with Gasteiger partial charge in [0, 0.05) is 12.4 Å². The van der Waals surface area contributed by atoms with E-state index in [4.69, 9.17) is 10.8 Å². The van der Waals surface area contributed by atoms with Crippen LogP contribution in [0, 0.1) is 0 Å². The summed E-state index contributed by atoms with van der Waals surface area (Å²) in [4.78, 5) is 30.2. The van der Waals surface area contributed by atoms with Crippen LogP contribution in [-0.2, 0) is 4.79 Å². The van der Waals surface area contributed by atoms with Crippen LogP contribution in [0.25, 0.3) is 11.0 Å². The van der Waals surface area contributed by atoms with Gasteiger partial charge in [0.2, 0.25) is 5.91 Å². The highest BCUT2D eigenvalue weighted by atomic mass is 16.4. The lowest BCUT2D eigenvalue weighted by molar-refractivity contribution is -0.118. The van der Waals surface area contributed by atoms with Gasteiger partial charge in [0.1, 0.15) is 0 Å². The molecule has 20 heavy (non-hydrogen) atoms. The van der Waals surface area contributed by atoms with Crippen LogP contribution in [0.1, 0.15) is 10.4 Å². The molecule has 0 aliphatic rings. The number of carboxylic acid groups (broad SMARTS) is 1. The third-order valence-corrected chi connectivity index (χ3v) is 2.17. The Morgan fingerprint density at radius 2 is 2.00 bits per heavy atom. The van der Waals surface area contributed by atoms with Gasteiger partial charge in [-0.1, -0.05) is 0 Å². The monoisotopic (exact) mass is 276 g/mol. The Labute approximate surface area is 116 Å². The number of primary amides is 1. The molecule has 0 aliphatic heterocycles. The van der Waals surface area contributed by atoms with Gasteiger partial charge in [-0.2, -0.15) is 0 Å². The standard InChI is InChI=1S/C9H6N2O2.C4H10N2O/c12-9(13)6-4-8-7(11-5-6)2-1-3-10-8;1-6(2)3-4(5)7/h1-5H,(H,12,13);3H2,1-2H3,(H2,5,7). The number of carbonyl (C=O) groups is 2. The van der Waals surface area contributed by atoms with E-state index in [-0.39, 0.29) is 11.5 Å². The SMILES string of the molecule is CN(C)CC(N)=O.O=C(O)c1cnc2cccnc2c1. The third kappa shape index (κ3) is 4.99. The molecule has 0 bridgehead atoms. The van der Waals surface area contributed by atoms with Crippen LogP contribution in [0.3, 0.4) is 0 Å².